The van der Waals surface area contributed by atoms with E-state index in [1.807, 2.05) is 12.1 Å². The summed E-state index contributed by atoms with van der Waals surface area (Å²) in [7, 11) is 0. The third-order valence-corrected chi connectivity index (χ3v) is 7.25. The minimum atomic E-state index is -0.890. The van der Waals surface area contributed by atoms with Gasteiger partial charge in [0.25, 0.3) is 0 Å². The van der Waals surface area contributed by atoms with E-state index in [-0.39, 0.29) is 10.8 Å². The maximum absolute atomic E-state index is 11.4. The number of carboxylic acid groups (broad SMARTS) is 1. The zero-order chi connectivity index (χ0) is 23.1. The molecular formula is C29H36O3. The largest absolute Gasteiger partial charge is 0.493 e. The Morgan fingerprint density at radius 1 is 0.938 bits per heavy atom. The van der Waals surface area contributed by atoms with Gasteiger partial charge in [0, 0.05) is 5.56 Å². The number of carbonyl (C=O) groups is 1. The van der Waals surface area contributed by atoms with Gasteiger partial charge in [-0.25, -0.2) is 4.79 Å². The summed E-state index contributed by atoms with van der Waals surface area (Å²) in [6.45, 7) is 12.3. The first-order valence-corrected chi connectivity index (χ1v) is 12.0. The van der Waals surface area contributed by atoms with Crippen LogP contribution in [0.1, 0.15) is 106 Å². The summed E-state index contributed by atoms with van der Waals surface area (Å²) < 4.78 is 6.42. The molecule has 1 fully saturated rings. The van der Waals surface area contributed by atoms with Crippen molar-refractivity contribution in [2.75, 3.05) is 6.61 Å². The predicted octanol–water partition coefficient (Wildman–Crippen LogP) is 7.51. The van der Waals surface area contributed by atoms with E-state index in [2.05, 4.69) is 46.8 Å². The van der Waals surface area contributed by atoms with Crippen molar-refractivity contribution >= 4 is 11.5 Å². The monoisotopic (exact) mass is 432 g/mol. The zero-order valence-corrected chi connectivity index (χ0v) is 20.2. The van der Waals surface area contributed by atoms with Crippen LogP contribution in [0.5, 0.6) is 5.75 Å². The van der Waals surface area contributed by atoms with Gasteiger partial charge in [-0.05, 0) is 89.5 Å². The number of unbranched alkanes of at least 4 members (excludes halogenated alkanes) is 1. The summed E-state index contributed by atoms with van der Waals surface area (Å²) in [5, 5.41) is 9.32. The highest BCUT2D eigenvalue weighted by Gasteiger charge is 2.38. The number of hydrogen-bond acceptors (Lipinski definition) is 2. The molecular weight excluding hydrogens is 396 g/mol. The number of benzene rings is 2. The Morgan fingerprint density at radius 3 is 2.03 bits per heavy atom. The van der Waals surface area contributed by atoms with Gasteiger partial charge in [0.05, 0.1) is 12.2 Å². The third kappa shape index (κ3) is 4.35. The molecule has 2 aliphatic carbocycles. The standard InChI is InChI=1S/C29H36O3/c1-6-7-16-32-25-18-24-23(28(2,3)14-15-29(24,4)5)17-22(25)26(19-8-9-19)20-10-12-21(13-11-20)27(30)31/h10-13,17-18H,6-9,14-16H2,1-5H3,(H,30,31). The number of ether oxygens (including phenoxy) is 1. The second-order valence-electron chi connectivity index (χ2n) is 10.7. The van der Waals surface area contributed by atoms with Gasteiger partial charge >= 0.3 is 5.97 Å². The van der Waals surface area contributed by atoms with Crippen molar-refractivity contribution in [2.24, 2.45) is 0 Å². The molecule has 32 heavy (non-hydrogen) atoms. The number of rotatable bonds is 7. The minimum Gasteiger partial charge on any atom is -0.493 e. The van der Waals surface area contributed by atoms with Gasteiger partial charge in [0.15, 0.2) is 0 Å². The normalized spacial score (nSPS) is 18.1. The fraction of sp³-hybridized carbons (Fsp3) is 0.483. The van der Waals surface area contributed by atoms with Crippen LogP contribution in [0.2, 0.25) is 0 Å². The maximum Gasteiger partial charge on any atom is 0.335 e. The Bertz CT molecular complexity index is 1050. The molecule has 2 aromatic rings. The molecule has 1 saturated carbocycles. The van der Waals surface area contributed by atoms with Gasteiger partial charge in [-0.2, -0.15) is 0 Å². The Balaban J connectivity index is 1.89. The van der Waals surface area contributed by atoms with Crippen molar-refractivity contribution in [1.82, 2.24) is 0 Å². The van der Waals surface area contributed by atoms with Crippen LogP contribution in [0.25, 0.3) is 5.57 Å². The predicted molar refractivity (Wildman–Crippen MR) is 131 cm³/mol. The Morgan fingerprint density at radius 2 is 1.50 bits per heavy atom. The van der Waals surface area contributed by atoms with E-state index in [0.29, 0.717) is 12.2 Å². The van der Waals surface area contributed by atoms with Gasteiger partial charge in [-0.1, -0.05) is 58.7 Å². The molecule has 3 nitrogen and oxygen atoms in total. The highest BCUT2D eigenvalue weighted by molar-refractivity contribution is 5.91. The van der Waals surface area contributed by atoms with Crippen LogP contribution < -0.4 is 4.74 Å². The Labute approximate surface area is 192 Å². The van der Waals surface area contributed by atoms with Crippen molar-refractivity contribution in [2.45, 2.75) is 84.0 Å². The smallest absolute Gasteiger partial charge is 0.335 e. The molecule has 4 rings (SSSR count). The molecule has 0 aliphatic heterocycles. The van der Waals surface area contributed by atoms with Gasteiger partial charge in [0.2, 0.25) is 0 Å². The van der Waals surface area contributed by atoms with E-state index in [0.717, 1.165) is 37.0 Å². The SMILES string of the molecule is CCCCOc1cc2c(cc1C(=C1CC1)c1ccc(C(=O)O)cc1)C(C)(C)CCC2(C)C. The van der Waals surface area contributed by atoms with Crippen molar-refractivity contribution < 1.29 is 14.6 Å². The van der Waals surface area contributed by atoms with E-state index < -0.39 is 5.97 Å². The van der Waals surface area contributed by atoms with E-state index >= 15 is 0 Å². The highest BCUT2D eigenvalue weighted by atomic mass is 16.5. The highest BCUT2D eigenvalue weighted by Crippen LogP contribution is 2.50. The summed E-state index contributed by atoms with van der Waals surface area (Å²) in [6, 6.07) is 12.0. The molecule has 2 aromatic carbocycles. The molecule has 3 heteroatoms. The van der Waals surface area contributed by atoms with E-state index in [4.69, 9.17) is 4.74 Å². The molecule has 0 aromatic heterocycles. The quantitative estimate of drug-likeness (QED) is 0.461. The van der Waals surface area contributed by atoms with Gasteiger partial charge in [0.1, 0.15) is 5.75 Å². The average molecular weight is 433 g/mol. The van der Waals surface area contributed by atoms with Crippen LogP contribution in [0.15, 0.2) is 42.0 Å². The van der Waals surface area contributed by atoms with Crippen LogP contribution in [0.4, 0.5) is 0 Å². The molecule has 0 radical (unpaired) electrons. The molecule has 0 saturated heterocycles. The van der Waals surface area contributed by atoms with Crippen LogP contribution >= 0.6 is 0 Å². The van der Waals surface area contributed by atoms with Crippen LogP contribution in [-0.4, -0.2) is 17.7 Å². The Hall–Kier alpha value is -2.55. The molecule has 2 aliphatic rings. The lowest BCUT2D eigenvalue weighted by atomic mass is 9.62. The molecule has 170 valence electrons. The van der Waals surface area contributed by atoms with E-state index in [9.17, 15) is 9.90 Å². The Kier molecular flexibility index (Phi) is 5.96. The van der Waals surface area contributed by atoms with Crippen molar-refractivity contribution in [3.8, 4) is 5.75 Å². The zero-order valence-electron chi connectivity index (χ0n) is 20.2. The first kappa shape index (κ1) is 22.6. The summed E-state index contributed by atoms with van der Waals surface area (Å²) in [5.74, 6) is 0.0817. The van der Waals surface area contributed by atoms with Crippen LogP contribution in [0, 0.1) is 0 Å². The fourth-order valence-corrected chi connectivity index (χ4v) is 4.88. The first-order valence-electron chi connectivity index (χ1n) is 12.0. The van der Waals surface area contributed by atoms with E-state index in [1.165, 1.54) is 40.7 Å². The molecule has 0 unspecified atom stereocenters. The lowest BCUT2D eigenvalue weighted by Gasteiger charge is -2.42. The number of allylic oxidation sites excluding steroid dienone is 1. The summed E-state index contributed by atoms with van der Waals surface area (Å²) in [5.41, 5.74) is 8.31. The molecule has 0 spiro atoms. The average Bonchev–Trinajstić information content (AvgIpc) is 3.58. The second kappa shape index (κ2) is 8.42. The molecule has 1 N–H and O–H groups in total. The number of fused-ring (bicyclic) bond motifs is 1. The van der Waals surface area contributed by atoms with Gasteiger partial charge in [-0.15, -0.1) is 0 Å². The number of aromatic carboxylic acids is 1. The lowest BCUT2D eigenvalue weighted by molar-refractivity contribution is 0.0697. The third-order valence-electron chi connectivity index (χ3n) is 7.25. The fourth-order valence-electron chi connectivity index (χ4n) is 4.88. The second-order valence-corrected chi connectivity index (χ2v) is 10.7. The summed E-state index contributed by atoms with van der Waals surface area (Å²) in [4.78, 5) is 11.4. The van der Waals surface area contributed by atoms with Gasteiger partial charge < -0.3 is 9.84 Å². The van der Waals surface area contributed by atoms with Crippen molar-refractivity contribution in [3.05, 3.63) is 69.8 Å². The van der Waals surface area contributed by atoms with Crippen molar-refractivity contribution in [1.29, 1.82) is 0 Å². The molecule has 0 bridgehead atoms. The lowest BCUT2D eigenvalue weighted by Crippen LogP contribution is -2.34. The van der Waals surface area contributed by atoms with E-state index in [1.54, 1.807) is 12.1 Å². The first-order chi connectivity index (χ1) is 15.1. The number of carboxylic acids is 1. The topological polar surface area (TPSA) is 46.5 Å². The number of hydrogen-bond donors (Lipinski definition) is 1. The van der Waals surface area contributed by atoms with Crippen LogP contribution in [-0.2, 0) is 10.8 Å². The summed E-state index contributed by atoms with van der Waals surface area (Å²) in [6.07, 6.45) is 6.66. The molecule has 0 amide bonds. The van der Waals surface area contributed by atoms with Crippen LogP contribution in [0.3, 0.4) is 0 Å². The molecule has 0 atom stereocenters. The maximum atomic E-state index is 11.4. The summed E-state index contributed by atoms with van der Waals surface area (Å²) >= 11 is 0. The molecule has 0 heterocycles. The minimum absolute atomic E-state index is 0.119. The van der Waals surface area contributed by atoms with Crippen molar-refractivity contribution in [3.63, 3.8) is 0 Å². The van der Waals surface area contributed by atoms with Gasteiger partial charge in [-0.3, -0.25) is 0 Å².